The van der Waals surface area contributed by atoms with Gasteiger partial charge in [0.25, 0.3) is 0 Å². The zero-order valence-corrected chi connectivity index (χ0v) is 8.38. The van der Waals surface area contributed by atoms with Crippen molar-refractivity contribution < 1.29 is 14.8 Å². The van der Waals surface area contributed by atoms with Gasteiger partial charge in [0.15, 0.2) is 12.3 Å². The van der Waals surface area contributed by atoms with E-state index in [1.54, 1.807) is 12.1 Å². The molecule has 6 nitrogen and oxygen atoms in total. The van der Waals surface area contributed by atoms with Gasteiger partial charge in [-0.2, -0.15) is 0 Å². The lowest BCUT2D eigenvalue weighted by Gasteiger charge is -2.04. The molecule has 16 heavy (non-hydrogen) atoms. The Balaban J connectivity index is 2.22. The van der Waals surface area contributed by atoms with E-state index >= 15 is 0 Å². The Morgan fingerprint density at radius 2 is 2.06 bits per heavy atom. The number of nitrogens with one attached hydrogen (secondary N) is 1. The molecule has 0 saturated heterocycles. The molecule has 0 spiro atoms. The summed E-state index contributed by atoms with van der Waals surface area (Å²) in [6.45, 7) is 0.333. The van der Waals surface area contributed by atoms with Crippen molar-refractivity contribution in [2.45, 2.75) is 6.42 Å². The fourth-order valence-electron chi connectivity index (χ4n) is 1.44. The second kappa shape index (κ2) is 4.09. The summed E-state index contributed by atoms with van der Waals surface area (Å²) < 4.78 is 0. The molecule has 1 aromatic rings. The summed E-state index contributed by atoms with van der Waals surface area (Å²) in [5.74, 6) is -0.957. The largest absolute Gasteiger partial charge is 0.478 e. The summed E-state index contributed by atoms with van der Waals surface area (Å²) in [6.07, 6.45) is 0.545. The van der Waals surface area contributed by atoms with E-state index < -0.39 is 5.97 Å². The lowest BCUT2D eigenvalue weighted by Crippen LogP contribution is -2.31. The second-order valence-corrected chi connectivity index (χ2v) is 3.39. The van der Waals surface area contributed by atoms with E-state index in [0.717, 1.165) is 11.3 Å². The van der Waals surface area contributed by atoms with E-state index in [1.165, 1.54) is 12.1 Å². The van der Waals surface area contributed by atoms with Gasteiger partial charge in [-0.05, 0) is 34.7 Å². The van der Waals surface area contributed by atoms with E-state index in [2.05, 4.69) is 10.6 Å². The first-order chi connectivity index (χ1) is 7.66. The molecule has 2 rings (SSSR count). The molecule has 0 saturated carbocycles. The molecule has 0 bridgehead atoms. The van der Waals surface area contributed by atoms with Crippen molar-refractivity contribution in [2.75, 3.05) is 6.54 Å². The molecule has 1 aliphatic rings. The average molecular weight is 220 g/mol. The Morgan fingerprint density at radius 3 is 2.56 bits per heavy atom. The van der Waals surface area contributed by atoms with Crippen LogP contribution in [0.5, 0.6) is 0 Å². The van der Waals surface area contributed by atoms with Gasteiger partial charge in [-0.1, -0.05) is 0 Å². The van der Waals surface area contributed by atoms with Crippen LogP contribution >= 0.6 is 0 Å². The number of hydrogen-bond acceptors (Lipinski definition) is 3. The van der Waals surface area contributed by atoms with Crippen molar-refractivity contribution in [1.29, 1.82) is 0 Å². The van der Waals surface area contributed by atoms with Gasteiger partial charge in [-0.25, -0.2) is 4.79 Å². The minimum absolute atomic E-state index is 0.235. The van der Waals surface area contributed by atoms with Crippen LogP contribution in [0, 0.1) is 4.91 Å². The quantitative estimate of drug-likeness (QED) is 0.721. The van der Waals surface area contributed by atoms with Crippen molar-refractivity contribution in [3.8, 4) is 0 Å². The van der Waals surface area contributed by atoms with E-state index in [0.29, 0.717) is 17.8 Å². The van der Waals surface area contributed by atoms with Gasteiger partial charge < -0.3 is 5.11 Å². The van der Waals surface area contributed by atoms with Gasteiger partial charge in [-0.15, -0.1) is 0 Å². The molecule has 0 unspecified atom stereocenters. The fraction of sp³-hybridized carbons (Fsp3) is 0.200. The maximum Gasteiger partial charge on any atom is 0.335 e. The third kappa shape index (κ3) is 2.05. The first-order valence-electron chi connectivity index (χ1n) is 4.77. The first kappa shape index (κ1) is 10.3. The van der Waals surface area contributed by atoms with Gasteiger partial charge >= 0.3 is 5.97 Å². The number of aromatic carboxylic acids is 1. The Morgan fingerprint density at radius 1 is 1.38 bits per heavy atom. The van der Waals surface area contributed by atoms with Crippen LogP contribution in [0.25, 0.3) is 0 Å². The second-order valence-electron chi connectivity index (χ2n) is 3.39. The average Bonchev–Trinajstić information content (AvgIpc) is 2.30. The van der Waals surface area contributed by atoms with Crippen molar-refractivity contribution >= 4 is 11.7 Å². The van der Waals surface area contributed by atoms with Crippen molar-refractivity contribution in [3.63, 3.8) is 0 Å². The van der Waals surface area contributed by atoms with Crippen LogP contribution in [-0.4, -0.2) is 28.2 Å². The predicted molar refractivity (Wildman–Crippen MR) is 56.2 cm³/mol. The number of nitroso groups, excluding NO2 is 1. The van der Waals surface area contributed by atoms with Crippen LogP contribution in [0.3, 0.4) is 0 Å². The van der Waals surface area contributed by atoms with Crippen LogP contribution in [0.2, 0.25) is 0 Å². The smallest absolute Gasteiger partial charge is 0.335 e. The molecule has 6 heteroatoms. The minimum Gasteiger partial charge on any atom is -0.478 e. The lowest BCUT2D eigenvalue weighted by atomic mass is 10.1. The van der Waals surface area contributed by atoms with Crippen LogP contribution in [0.1, 0.15) is 22.3 Å². The van der Waals surface area contributed by atoms with Crippen molar-refractivity contribution in [3.05, 3.63) is 40.3 Å². The maximum absolute atomic E-state index is 10.8. The summed E-state index contributed by atoms with van der Waals surface area (Å²) in [7, 11) is 0. The highest BCUT2D eigenvalue weighted by Gasteiger charge is 2.19. The number of carbonyl (C=O) groups is 1. The number of rotatable bonds is 2. The van der Waals surface area contributed by atoms with Crippen LogP contribution in [0.4, 0.5) is 0 Å². The zero-order valence-electron chi connectivity index (χ0n) is 8.38. The molecule has 1 aliphatic heterocycles. The van der Waals surface area contributed by atoms with Gasteiger partial charge in [0, 0.05) is 15.5 Å². The number of nitrogens with zero attached hydrogens (tertiary/aromatic N) is 2. The van der Waals surface area contributed by atoms with Crippen LogP contribution < -0.4 is 5.53 Å². The number of hydrazine groups is 1. The lowest BCUT2D eigenvalue weighted by molar-refractivity contribution is -0.609. The highest BCUT2D eigenvalue weighted by Crippen LogP contribution is 2.09. The van der Waals surface area contributed by atoms with Gasteiger partial charge in [0.1, 0.15) is 0 Å². The fourth-order valence-corrected chi connectivity index (χ4v) is 1.44. The summed E-state index contributed by atoms with van der Waals surface area (Å²) in [5, 5.41) is 12.6. The molecule has 82 valence electrons. The van der Waals surface area contributed by atoms with E-state index in [4.69, 9.17) is 5.11 Å². The molecular weight excluding hydrogens is 210 g/mol. The molecule has 0 aliphatic carbocycles. The van der Waals surface area contributed by atoms with Crippen molar-refractivity contribution in [1.82, 2.24) is 5.53 Å². The Kier molecular flexibility index (Phi) is 2.63. The highest BCUT2D eigenvalue weighted by molar-refractivity contribution is 6.01. The molecule has 1 heterocycles. The molecule has 0 atom stereocenters. The topological polar surface area (TPSA) is 81.8 Å². The zero-order chi connectivity index (χ0) is 11.5. The number of hydrogen-bond donors (Lipinski definition) is 2. The van der Waals surface area contributed by atoms with Crippen molar-refractivity contribution in [2.24, 2.45) is 5.10 Å². The Labute approximate surface area is 91.1 Å². The van der Waals surface area contributed by atoms with E-state index in [-0.39, 0.29) is 5.56 Å². The number of carboxylic acids is 1. The molecule has 0 aromatic heterocycles. The monoisotopic (exact) mass is 220 g/mol. The summed E-state index contributed by atoms with van der Waals surface area (Å²) in [5.41, 5.74) is 4.13. The third-order valence-corrected chi connectivity index (χ3v) is 2.31. The minimum atomic E-state index is -0.957. The SMILES string of the molecule is O=C(O)c1ccc(C2=NN[N+](=O)CC2)cc1. The Bertz CT molecular complexity index is 465. The summed E-state index contributed by atoms with van der Waals surface area (Å²) >= 11 is 0. The standard InChI is InChI=1S/C10H9N3O3/c14-10(15)8-3-1-7(2-4-8)9-5-6-13(16)12-11-9/h1-4H,5-6H2,(H-,12,14,15,16)/p+1. The predicted octanol–water partition coefficient (Wildman–Crippen LogP) is 0.776. The normalized spacial score (nSPS) is 15.2. The van der Waals surface area contributed by atoms with Gasteiger partial charge in [0.2, 0.25) is 0 Å². The molecule has 2 N–H and O–H groups in total. The number of carboxylic acid groups (broad SMARTS) is 1. The first-order valence-corrected chi connectivity index (χ1v) is 4.77. The van der Waals surface area contributed by atoms with Gasteiger partial charge in [0.05, 0.1) is 12.0 Å². The van der Waals surface area contributed by atoms with E-state index in [9.17, 15) is 9.70 Å². The summed E-state index contributed by atoms with van der Waals surface area (Å²) in [4.78, 5) is 22.1. The van der Waals surface area contributed by atoms with Gasteiger partial charge in [-0.3, -0.25) is 0 Å². The third-order valence-electron chi connectivity index (χ3n) is 2.31. The van der Waals surface area contributed by atoms with Crippen LogP contribution in [0.15, 0.2) is 29.4 Å². The van der Waals surface area contributed by atoms with Crippen LogP contribution in [-0.2, 0) is 0 Å². The molecule has 0 fully saturated rings. The molecule has 0 radical (unpaired) electrons. The Hall–Kier alpha value is -2.24. The molecule has 1 aromatic carbocycles. The highest BCUT2D eigenvalue weighted by atomic mass is 16.4. The molecular formula is C10H10N3O3+. The number of hydrazone groups is 1. The molecule has 0 amide bonds. The number of benzene rings is 1. The van der Waals surface area contributed by atoms with E-state index in [1.807, 2.05) is 0 Å². The maximum atomic E-state index is 10.8. The summed E-state index contributed by atoms with van der Waals surface area (Å²) in [6, 6.07) is 6.41.